The van der Waals surface area contributed by atoms with Crippen molar-refractivity contribution in [3.05, 3.63) is 65.0 Å². The van der Waals surface area contributed by atoms with E-state index in [1.54, 1.807) is 25.1 Å². The van der Waals surface area contributed by atoms with Crippen LogP contribution in [0.3, 0.4) is 0 Å². The third-order valence-corrected chi connectivity index (χ3v) is 3.47. The zero-order valence-electron chi connectivity index (χ0n) is 12.1. The van der Waals surface area contributed by atoms with Gasteiger partial charge in [0.05, 0.1) is 6.04 Å². The van der Waals surface area contributed by atoms with Gasteiger partial charge in [-0.3, -0.25) is 0 Å². The van der Waals surface area contributed by atoms with E-state index in [1.807, 2.05) is 19.2 Å². The van der Waals surface area contributed by atoms with E-state index in [0.717, 1.165) is 0 Å². The lowest BCUT2D eigenvalue weighted by Crippen LogP contribution is -2.24. The van der Waals surface area contributed by atoms with Gasteiger partial charge in [0.2, 0.25) is 0 Å². The molecule has 0 aliphatic carbocycles. The highest BCUT2D eigenvalue weighted by Crippen LogP contribution is 2.23. The van der Waals surface area contributed by atoms with Crippen LogP contribution in [-0.4, -0.2) is 13.7 Å². The standard InChI is InChI=1S/C17H20FNO/c1-12-7-4-5-9-14(12)15(19-3)11-20-16-10-6-8-13(2)17(16)18/h4-10,15,19H,11H2,1-3H3. The maximum absolute atomic E-state index is 13.9. The number of hydrogen-bond donors (Lipinski definition) is 1. The SMILES string of the molecule is CNC(COc1cccc(C)c1F)c1ccccc1C. The first kappa shape index (κ1) is 14.5. The van der Waals surface area contributed by atoms with Crippen molar-refractivity contribution in [3.63, 3.8) is 0 Å². The van der Waals surface area contributed by atoms with Crippen molar-refractivity contribution in [2.45, 2.75) is 19.9 Å². The second kappa shape index (κ2) is 6.53. The molecule has 3 heteroatoms. The fraction of sp³-hybridized carbons (Fsp3) is 0.294. The lowest BCUT2D eigenvalue weighted by atomic mass is 10.0. The number of ether oxygens (including phenoxy) is 1. The Kier molecular flexibility index (Phi) is 4.74. The molecule has 0 spiro atoms. The summed E-state index contributed by atoms with van der Waals surface area (Å²) in [6, 6.07) is 13.4. The molecule has 2 nitrogen and oxygen atoms in total. The topological polar surface area (TPSA) is 21.3 Å². The Morgan fingerprint density at radius 3 is 2.45 bits per heavy atom. The molecular formula is C17H20FNO. The van der Waals surface area contributed by atoms with E-state index in [1.165, 1.54) is 11.1 Å². The number of benzene rings is 2. The summed E-state index contributed by atoms with van der Waals surface area (Å²) in [5, 5.41) is 3.22. The van der Waals surface area contributed by atoms with Crippen molar-refractivity contribution >= 4 is 0 Å². The molecule has 0 aromatic heterocycles. The summed E-state index contributed by atoms with van der Waals surface area (Å²) in [4.78, 5) is 0. The van der Waals surface area contributed by atoms with Gasteiger partial charge in [-0.25, -0.2) is 4.39 Å². The van der Waals surface area contributed by atoms with Gasteiger partial charge in [-0.05, 0) is 43.7 Å². The maximum Gasteiger partial charge on any atom is 0.167 e. The summed E-state index contributed by atoms with van der Waals surface area (Å²) in [6.07, 6.45) is 0. The molecule has 0 saturated carbocycles. The third kappa shape index (κ3) is 3.17. The summed E-state index contributed by atoms with van der Waals surface area (Å²) in [5.41, 5.74) is 2.96. The highest BCUT2D eigenvalue weighted by atomic mass is 19.1. The van der Waals surface area contributed by atoms with Crippen molar-refractivity contribution in [3.8, 4) is 5.75 Å². The van der Waals surface area contributed by atoms with Crippen LogP contribution in [0.1, 0.15) is 22.7 Å². The molecule has 106 valence electrons. The Morgan fingerprint density at radius 1 is 1.05 bits per heavy atom. The van der Waals surface area contributed by atoms with Crippen LogP contribution in [-0.2, 0) is 0 Å². The van der Waals surface area contributed by atoms with Crippen molar-refractivity contribution < 1.29 is 9.13 Å². The molecule has 0 heterocycles. The van der Waals surface area contributed by atoms with Gasteiger partial charge in [-0.1, -0.05) is 36.4 Å². The largest absolute Gasteiger partial charge is 0.489 e. The Hall–Kier alpha value is -1.87. The van der Waals surface area contributed by atoms with Crippen molar-refractivity contribution in [1.82, 2.24) is 5.32 Å². The lowest BCUT2D eigenvalue weighted by molar-refractivity contribution is 0.260. The average molecular weight is 273 g/mol. The highest BCUT2D eigenvalue weighted by Gasteiger charge is 2.14. The Morgan fingerprint density at radius 2 is 1.75 bits per heavy atom. The maximum atomic E-state index is 13.9. The number of hydrogen-bond acceptors (Lipinski definition) is 2. The zero-order chi connectivity index (χ0) is 14.5. The normalized spacial score (nSPS) is 12.2. The van der Waals surface area contributed by atoms with Gasteiger partial charge in [-0.2, -0.15) is 0 Å². The zero-order valence-corrected chi connectivity index (χ0v) is 12.1. The fourth-order valence-electron chi connectivity index (χ4n) is 2.21. The molecule has 0 fully saturated rings. The minimum absolute atomic E-state index is 0.0381. The molecule has 0 aliphatic heterocycles. The van der Waals surface area contributed by atoms with Crippen molar-refractivity contribution in [2.75, 3.05) is 13.7 Å². The first-order valence-electron chi connectivity index (χ1n) is 6.74. The van der Waals surface area contributed by atoms with Gasteiger partial charge in [0, 0.05) is 0 Å². The number of aryl methyl sites for hydroxylation is 2. The average Bonchev–Trinajstić information content (AvgIpc) is 2.45. The summed E-state index contributed by atoms with van der Waals surface area (Å²) in [5.74, 6) is 0.0194. The number of nitrogens with one attached hydrogen (secondary N) is 1. The molecule has 1 unspecified atom stereocenters. The van der Waals surface area contributed by atoms with Gasteiger partial charge < -0.3 is 10.1 Å². The van der Waals surface area contributed by atoms with E-state index in [4.69, 9.17) is 4.74 Å². The lowest BCUT2D eigenvalue weighted by Gasteiger charge is -2.19. The van der Waals surface area contributed by atoms with Crippen LogP contribution in [0.15, 0.2) is 42.5 Å². The van der Waals surface area contributed by atoms with Crippen LogP contribution in [0, 0.1) is 19.7 Å². The number of rotatable bonds is 5. The molecule has 0 aliphatic rings. The van der Waals surface area contributed by atoms with Gasteiger partial charge >= 0.3 is 0 Å². The minimum Gasteiger partial charge on any atom is -0.489 e. The third-order valence-electron chi connectivity index (χ3n) is 3.47. The van der Waals surface area contributed by atoms with E-state index in [2.05, 4.69) is 24.4 Å². The van der Waals surface area contributed by atoms with Crippen LogP contribution in [0.2, 0.25) is 0 Å². The first-order chi connectivity index (χ1) is 9.63. The van der Waals surface area contributed by atoms with E-state index >= 15 is 0 Å². The molecule has 0 radical (unpaired) electrons. The molecular weight excluding hydrogens is 253 g/mol. The Labute approximate surface area is 119 Å². The first-order valence-corrected chi connectivity index (χ1v) is 6.74. The van der Waals surface area contributed by atoms with Gasteiger partial charge in [0.15, 0.2) is 11.6 Å². The summed E-state index contributed by atoms with van der Waals surface area (Å²) in [7, 11) is 1.88. The Balaban J connectivity index is 2.12. The van der Waals surface area contributed by atoms with Crippen LogP contribution < -0.4 is 10.1 Å². The minimum atomic E-state index is -0.285. The Bertz CT molecular complexity index is 583. The molecule has 0 saturated heterocycles. The van der Waals surface area contributed by atoms with Gasteiger partial charge in [-0.15, -0.1) is 0 Å². The predicted octanol–water partition coefficient (Wildman–Crippen LogP) is 3.78. The molecule has 2 rings (SSSR count). The van der Waals surface area contributed by atoms with Crippen LogP contribution in [0.25, 0.3) is 0 Å². The molecule has 2 aromatic rings. The van der Waals surface area contributed by atoms with E-state index in [-0.39, 0.29) is 11.9 Å². The fourth-order valence-corrected chi connectivity index (χ4v) is 2.21. The van der Waals surface area contributed by atoms with E-state index < -0.39 is 0 Å². The molecule has 0 amide bonds. The predicted molar refractivity (Wildman–Crippen MR) is 79.6 cm³/mol. The van der Waals surface area contributed by atoms with Crippen molar-refractivity contribution in [1.29, 1.82) is 0 Å². The number of likely N-dealkylation sites (N-methyl/N-ethyl adjacent to an activating group) is 1. The smallest absolute Gasteiger partial charge is 0.167 e. The van der Waals surface area contributed by atoms with E-state index in [0.29, 0.717) is 17.9 Å². The quantitative estimate of drug-likeness (QED) is 0.895. The number of halogens is 1. The summed E-state index contributed by atoms with van der Waals surface area (Å²) < 4.78 is 19.5. The van der Waals surface area contributed by atoms with Crippen LogP contribution in [0.5, 0.6) is 5.75 Å². The molecule has 1 atom stereocenters. The summed E-state index contributed by atoms with van der Waals surface area (Å²) in [6.45, 7) is 4.19. The molecule has 1 N–H and O–H groups in total. The van der Waals surface area contributed by atoms with Crippen LogP contribution >= 0.6 is 0 Å². The second-order valence-electron chi connectivity index (χ2n) is 4.90. The van der Waals surface area contributed by atoms with Crippen molar-refractivity contribution in [2.24, 2.45) is 0 Å². The monoisotopic (exact) mass is 273 g/mol. The molecule has 2 aromatic carbocycles. The van der Waals surface area contributed by atoms with E-state index in [9.17, 15) is 4.39 Å². The molecule has 0 bridgehead atoms. The highest BCUT2D eigenvalue weighted by molar-refractivity contribution is 5.31. The second-order valence-corrected chi connectivity index (χ2v) is 4.90. The summed E-state index contributed by atoms with van der Waals surface area (Å²) >= 11 is 0. The van der Waals surface area contributed by atoms with Gasteiger partial charge in [0.1, 0.15) is 6.61 Å². The molecule has 20 heavy (non-hydrogen) atoms. The van der Waals surface area contributed by atoms with Crippen LogP contribution in [0.4, 0.5) is 4.39 Å². The van der Waals surface area contributed by atoms with Gasteiger partial charge in [0.25, 0.3) is 0 Å².